The molecule has 0 radical (unpaired) electrons. The zero-order valence-electron chi connectivity index (χ0n) is 14.6. The van der Waals surface area contributed by atoms with E-state index in [1.807, 2.05) is 12.1 Å². The monoisotopic (exact) mass is 340 g/mol. The standard InChI is InChI=1S/C18H24N6O/c1-18(21)7-9-24(10-8-18)14-11-22-16(17(20)23-14)15(19)12-3-5-13(25-2)6-4-12/h3-6,11,19H,7-10,21H2,1-2H3,(H2,20,23). The SMILES string of the molecule is COc1ccc(C(=N)c2ncc(N3CCC(C)(N)CC3)nc2N)cc1. The Morgan fingerprint density at radius 2 is 1.88 bits per heavy atom. The van der Waals surface area contributed by atoms with Gasteiger partial charge in [0, 0.05) is 24.2 Å². The van der Waals surface area contributed by atoms with Gasteiger partial charge < -0.3 is 21.1 Å². The highest BCUT2D eigenvalue weighted by Crippen LogP contribution is 2.24. The van der Waals surface area contributed by atoms with E-state index in [1.54, 1.807) is 25.4 Å². The van der Waals surface area contributed by atoms with Gasteiger partial charge in [0.15, 0.2) is 5.82 Å². The predicted molar refractivity (Wildman–Crippen MR) is 99.4 cm³/mol. The number of nitrogens with one attached hydrogen (secondary N) is 1. The maximum absolute atomic E-state index is 8.35. The minimum absolute atomic E-state index is 0.119. The summed E-state index contributed by atoms with van der Waals surface area (Å²) in [7, 11) is 1.61. The van der Waals surface area contributed by atoms with Gasteiger partial charge in [-0.3, -0.25) is 5.41 Å². The van der Waals surface area contributed by atoms with Crippen molar-refractivity contribution in [2.24, 2.45) is 5.73 Å². The molecule has 0 aliphatic carbocycles. The molecule has 25 heavy (non-hydrogen) atoms. The Kier molecular flexibility index (Phi) is 4.59. The van der Waals surface area contributed by atoms with Crippen LogP contribution in [0.2, 0.25) is 0 Å². The highest BCUT2D eigenvalue weighted by atomic mass is 16.5. The van der Waals surface area contributed by atoms with Crippen LogP contribution in [-0.2, 0) is 0 Å². The van der Waals surface area contributed by atoms with Gasteiger partial charge in [-0.15, -0.1) is 0 Å². The first kappa shape index (κ1) is 17.2. The topological polar surface area (TPSA) is 114 Å². The summed E-state index contributed by atoms with van der Waals surface area (Å²) in [6.45, 7) is 3.73. The molecule has 2 aromatic rings. The molecule has 0 saturated carbocycles. The van der Waals surface area contributed by atoms with Crippen molar-refractivity contribution >= 4 is 17.3 Å². The minimum Gasteiger partial charge on any atom is -0.497 e. The van der Waals surface area contributed by atoms with Gasteiger partial charge in [-0.25, -0.2) is 9.97 Å². The maximum atomic E-state index is 8.35. The van der Waals surface area contributed by atoms with E-state index in [4.69, 9.17) is 21.6 Å². The zero-order chi connectivity index (χ0) is 18.0. The van der Waals surface area contributed by atoms with Crippen LogP contribution in [0, 0.1) is 5.41 Å². The van der Waals surface area contributed by atoms with Crippen molar-refractivity contribution in [2.75, 3.05) is 30.8 Å². The van der Waals surface area contributed by atoms with Crippen LogP contribution in [0.4, 0.5) is 11.6 Å². The number of nitrogens with zero attached hydrogens (tertiary/aromatic N) is 3. The molecule has 1 aromatic heterocycles. The molecule has 5 N–H and O–H groups in total. The number of aromatic nitrogens is 2. The highest BCUT2D eigenvalue weighted by molar-refractivity contribution is 6.12. The molecule has 1 aliphatic heterocycles. The van der Waals surface area contributed by atoms with Crippen molar-refractivity contribution in [1.29, 1.82) is 5.41 Å². The van der Waals surface area contributed by atoms with E-state index in [0.29, 0.717) is 11.3 Å². The first-order chi connectivity index (χ1) is 11.9. The largest absolute Gasteiger partial charge is 0.497 e. The molecule has 0 unspecified atom stereocenters. The van der Waals surface area contributed by atoms with Gasteiger partial charge in [0.2, 0.25) is 0 Å². The Morgan fingerprint density at radius 3 is 2.44 bits per heavy atom. The van der Waals surface area contributed by atoms with Crippen molar-refractivity contribution < 1.29 is 4.74 Å². The summed E-state index contributed by atoms with van der Waals surface area (Å²) in [6.07, 6.45) is 3.49. The Hall–Kier alpha value is -2.67. The molecule has 7 nitrogen and oxygen atoms in total. The number of ether oxygens (including phenoxy) is 1. The molecule has 1 saturated heterocycles. The molecule has 132 valence electrons. The summed E-state index contributed by atoms with van der Waals surface area (Å²) < 4.78 is 5.14. The molecule has 0 amide bonds. The summed E-state index contributed by atoms with van der Waals surface area (Å²) in [5.74, 6) is 1.74. The van der Waals surface area contributed by atoms with Crippen LogP contribution in [0.15, 0.2) is 30.5 Å². The number of hydrogen-bond acceptors (Lipinski definition) is 7. The number of anilines is 2. The minimum atomic E-state index is -0.119. The fourth-order valence-electron chi connectivity index (χ4n) is 2.88. The maximum Gasteiger partial charge on any atom is 0.154 e. The first-order valence-electron chi connectivity index (χ1n) is 8.29. The fourth-order valence-corrected chi connectivity index (χ4v) is 2.88. The summed E-state index contributed by atoms with van der Waals surface area (Å²) >= 11 is 0. The number of nitrogen functional groups attached to an aromatic ring is 1. The fraction of sp³-hybridized carbons (Fsp3) is 0.389. The second-order valence-corrected chi connectivity index (χ2v) is 6.71. The Bertz CT molecular complexity index is 762. The molecule has 1 fully saturated rings. The van der Waals surface area contributed by atoms with Gasteiger partial charge in [-0.2, -0.15) is 0 Å². The second-order valence-electron chi connectivity index (χ2n) is 6.71. The average Bonchev–Trinajstić information content (AvgIpc) is 2.61. The third kappa shape index (κ3) is 3.71. The van der Waals surface area contributed by atoms with E-state index in [0.717, 1.165) is 37.5 Å². The van der Waals surface area contributed by atoms with E-state index in [2.05, 4.69) is 21.8 Å². The van der Waals surface area contributed by atoms with Crippen molar-refractivity contribution in [3.8, 4) is 5.75 Å². The lowest BCUT2D eigenvalue weighted by atomic mass is 9.91. The normalized spacial score (nSPS) is 16.5. The lowest BCUT2D eigenvalue weighted by Crippen LogP contribution is -2.48. The lowest BCUT2D eigenvalue weighted by Gasteiger charge is -2.37. The summed E-state index contributed by atoms with van der Waals surface area (Å²) in [5, 5.41) is 8.35. The van der Waals surface area contributed by atoms with Gasteiger partial charge in [0.1, 0.15) is 17.3 Å². The molecule has 0 bridgehead atoms. The molecule has 0 atom stereocenters. The van der Waals surface area contributed by atoms with Gasteiger partial charge in [0.05, 0.1) is 19.0 Å². The van der Waals surface area contributed by atoms with Crippen LogP contribution in [0.5, 0.6) is 5.75 Å². The molecule has 1 aromatic carbocycles. The summed E-state index contributed by atoms with van der Waals surface area (Å²) in [6, 6.07) is 7.23. The van der Waals surface area contributed by atoms with E-state index >= 15 is 0 Å². The second kappa shape index (κ2) is 6.68. The predicted octanol–water partition coefficient (Wildman–Crippen LogP) is 1.80. The molecular formula is C18H24N6O. The van der Waals surface area contributed by atoms with Crippen LogP contribution in [0.3, 0.4) is 0 Å². The van der Waals surface area contributed by atoms with Crippen LogP contribution in [0.1, 0.15) is 31.0 Å². The summed E-state index contributed by atoms with van der Waals surface area (Å²) in [4.78, 5) is 11.0. The van der Waals surface area contributed by atoms with Gasteiger partial charge in [-0.1, -0.05) is 0 Å². The van der Waals surface area contributed by atoms with Gasteiger partial charge in [-0.05, 0) is 44.0 Å². The molecule has 7 heteroatoms. The molecule has 2 heterocycles. The third-order valence-electron chi connectivity index (χ3n) is 4.63. The number of benzene rings is 1. The molecule has 0 spiro atoms. The van der Waals surface area contributed by atoms with Crippen molar-refractivity contribution in [3.05, 3.63) is 41.7 Å². The molecule has 1 aliphatic rings. The van der Waals surface area contributed by atoms with Crippen LogP contribution >= 0.6 is 0 Å². The quantitative estimate of drug-likeness (QED) is 0.731. The first-order valence-corrected chi connectivity index (χ1v) is 8.29. The van der Waals surface area contributed by atoms with E-state index in [9.17, 15) is 0 Å². The lowest BCUT2D eigenvalue weighted by molar-refractivity contribution is 0.363. The van der Waals surface area contributed by atoms with Crippen LogP contribution in [0.25, 0.3) is 0 Å². The van der Waals surface area contributed by atoms with Crippen LogP contribution in [-0.4, -0.2) is 41.4 Å². The summed E-state index contributed by atoms with van der Waals surface area (Å²) in [5.41, 5.74) is 13.5. The number of rotatable bonds is 4. The van der Waals surface area contributed by atoms with E-state index in [1.165, 1.54) is 0 Å². The Labute approximate surface area is 147 Å². The number of methoxy groups -OCH3 is 1. The van der Waals surface area contributed by atoms with Crippen LogP contribution < -0.4 is 21.1 Å². The smallest absolute Gasteiger partial charge is 0.154 e. The molecular weight excluding hydrogens is 316 g/mol. The highest BCUT2D eigenvalue weighted by Gasteiger charge is 2.27. The Morgan fingerprint density at radius 1 is 1.24 bits per heavy atom. The van der Waals surface area contributed by atoms with Crippen molar-refractivity contribution in [2.45, 2.75) is 25.3 Å². The van der Waals surface area contributed by atoms with Gasteiger partial charge >= 0.3 is 0 Å². The number of nitrogens with two attached hydrogens (primary N) is 2. The van der Waals surface area contributed by atoms with Crippen molar-refractivity contribution in [1.82, 2.24) is 9.97 Å². The average molecular weight is 340 g/mol. The molecule has 3 rings (SSSR count). The van der Waals surface area contributed by atoms with E-state index < -0.39 is 0 Å². The number of hydrogen-bond donors (Lipinski definition) is 3. The Balaban J connectivity index is 1.78. The third-order valence-corrected chi connectivity index (χ3v) is 4.63. The van der Waals surface area contributed by atoms with Gasteiger partial charge in [0.25, 0.3) is 0 Å². The van der Waals surface area contributed by atoms with Crippen molar-refractivity contribution in [3.63, 3.8) is 0 Å². The number of piperidine rings is 1. The zero-order valence-corrected chi connectivity index (χ0v) is 14.6. The van der Waals surface area contributed by atoms with E-state index in [-0.39, 0.29) is 17.1 Å².